The van der Waals surface area contributed by atoms with Gasteiger partial charge in [-0.05, 0) is 69.0 Å². The molecule has 5 rings (SSSR count). The van der Waals surface area contributed by atoms with Crippen LogP contribution in [0.25, 0.3) is 10.8 Å². The lowest BCUT2D eigenvalue weighted by Crippen LogP contribution is -2.38. The molecule has 190 valence electrons. The van der Waals surface area contributed by atoms with Crippen molar-refractivity contribution in [2.75, 3.05) is 13.1 Å². The van der Waals surface area contributed by atoms with Crippen LogP contribution in [0, 0.1) is 24.5 Å². The van der Waals surface area contributed by atoms with Crippen molar-refractivity contribution in [1.29, 1.82) is 0 Å². The fourth-order valence-electron chi connectivity index (χ4n) is 5.72. The Hall–Kier alpha value is -3.06. The molecule has 1 aliphatic heterocycles. The highest BCUT2D eigenvalue weighted by atomic mass is 19.1. The van der Waals surface area contributed by atoms with Gasteiger partial charge >= 0.3 is 0 Å². The van der Waals surface area contributed by atoms with Gasteiger partial charge in [0.15, 0.2) is 0 Å². The highest BCUT2D eigenvalue weighted by molar-refractivity contribution is 6.08. The molecule has 1 saturated carbocycles. The first-order valence-electron chi connectivity index (χ1n) is 13.0. The number of benzene rings is 2. The molecule has 36 heavy (non-hydrogen) atoms. The second-order valence-electron chi connectivity index (χ2n) is 10.2. The van der Waals surface area contributed by atoms with Crippen molar-refractivity contribution in [2.45, 2.75) is 64.6 Å². The number of carbonyl (C=O) groups is 1. The molecular formula is C29H33F2N3O2. The van der Waals surface area contributed by atoms with Crippen LogP contribution < -0.4 is 10.9 Å². The Balaban J connectivity index is 1.57. The Labute approximate surface area is 210 Å². The van der Waals surface area contributed by atoms with E-state index < -0.39 is 11.4 Å². The molecule has 2 fully saturated rings. The maximum Gasteiger partial charge on any atom is 0.261 e. The molecule has 7 heteroatoms. The van der Waals surface area contributed by atoms with E-state index in [0.29, 0.717) is 41.1 Å². The van der Waals surface area contributed by atoms with E-state index >= 15 is 4.39 Å². The number of likely N-dealkylation sites (tertiary alicyclic amines) is 1. The number of halogens is 2. The predicted molar refractivity (Wildman–Crippen MR) is 137 cm³/mol. The average Bonchev–Trinajstić information content (AvgIpc) is 3.56. The molecule has 1 aliphatic carbocycles. The normalized spacial score (nSPS) is 19.1. The molecule has 1 N–H and O–H groups in total. The molecule has 0 bridgehead atoms. The van der Waals surface area contributed by atoms with Gasteiger partial charge in [-0.3, -0.25) is 14.5 Å². The minimum Gasteiger partial charge on any atom is -0.345 e. The SMILES string of the molecule is CCN1CCCC1Cn1c(C)c(C(=O)NC(CC2CC2)c2cccc(F)c2)c2cccc(F)c2c1=O. The summed E-state index contributed by atoms with van der Waals surface area (Å²) in [7, 11) is 0. The Morgan fingerprint density at radius 3 is 2.64 bits per heavy atom. The fraction of sp³-hybridized carbons (Fsp3) is 0.448. The van der Waals surface area contributed by atoms with Crippen molar-refractivity contribution in [1.82, 2.24) is 14.8 Å². The van der Waals surface area contributed by atoms with Gasteiger partial charge in [-0.25, -0.2) is 8.78 Å². The smallest absolute Gasteiger partial charge is 0.261 e. The third-order valence-corrected chi connectivity index (χ3v) is 7.86. The van der Waals surface area contributed by atoms with Crippen LogP contribution in [0.1, 0.15) is 66.7 Å². The number of fused-ring (bicyclic) bond motifs is 1. The molecule has 3 aromatic rings. The molecule has 2 aliphatic rings. The van der Waals surface area contributed by atoms with Gasteiger partial charge in [-0.1, -0.05) is 44.0 Å². The fourth-order valence-corrected chi connectivity index (χ4v) is 5.72. The standard InChI is InChI=1S/C29H33F2N3O2/c1-3-33-14-6-9-22(33)17-34-18(2)26(23-10-5-11-24(31)27(23)29(34)36)28(35)32-25(15-19-12-13-19)20-7-4-8-21(30)16-20/h4-5,7-8,10-11,16,19,22,25H,3,6,9,12-15,17H2,1-2H3,(H,32,35). The number of nitrogens with zero attached hydrogens (tertiary/aromatic N) is 2. The number of likely N-dealkylation sites (N-methyl/N-ethyl adjacent to an activating group) is 1. The maximum atomic E-state index is 15.0. The number of carbonyl (C=O) groups excluding carboxylic acids is 1. The zero-order valence-corrected chi connectivity index (χ0v) is 20.9. The van der Waals surface area contributed by atoms with E-state index in [-0.39, 0.29) is 29.2 Å². The summed E-state index contributed by atoms with van der Waals surface area (Å²) in [4.78, 5) is 29.6. The Bertz CT molecular complexity index is 1350. The van der Waals surface area contributed by atoms with Crippen LogP contribution in [0.5, 0.6) is 0 Å². The van der Waals surface area contributed by atoms with Crippen LogP contribution in [0.4, 0.5) is 8.78 Å². The predicted octanol–water partition coefficient (Wildman–Crippen LogP) is 5.34. The van der Waals surface area contributed by atoms with E-state index in [9.17, 15) is 14.0 Å². The summed E-state index contributed by atoms with van der Waals surface area (Å²) in [5, 5.41) is 3.36. The van der Waals surface area contributed by atoms with Crippen molar-refractivity contribution in [3.63, 3.8) is 0 Å². The zero-order chi connectivity index (χ0) is 25.4. The minimum absolute atomic E-state index is 0.0567. The average molecular weight is 494 g/mol. The summed E-state index contributed by atoms with van der Waals surface area (Å²) in [6.07, 6.45) is 4.91. The summed E-state index contributed by atoms with van der Waals surface area (Å²) in [6.45, 7) is 6.13. The lowest BCUT2D eigenvalue weighted by molar-refractivity contribution is 0.0933. The monoisotopic (exact) mass is 493 g/mol. The van der Waals surface area contributed by atoms with Crippen molar-refractivity contribution in [3.05, 3.63) is 81.3 Å². The van der Waals surface area contributed by atoms with Crippen molar-refractivity contribution >= 4 is 16.7 Å². The summed E-state index contributed by atoms with van der Waals surface area (Å²) in [6, 6.07) is 10.5. The van der Waals surface area contributed by atoms with Crippen LogP contribution in [0.15, 0.2) is 47.3 Å². The lowest BCUT2D eigenvalue weighted by atomic mass is 9.98. The second kappa shape index (κ2) is 10.1. The molecule has 2 heterocycles. The minimum atomic E-state index is -0.626. The van der Waals surface area contributed by atoms with Gasteiger partial charge in [0, 0.05) is 23.7 Å². The summed E-state index contributed by atoms with van der Waals surface area (Å²) < 4.78 is 30.6. The summed E-state index contributed by atoms with van der Waals surface area (Å²) in [5.74, 6) is -0.855. The molecule has 5 nitrogen and oxygen atoms in total. The van der Waals surface area contributed by atoms with Gasteiger partial charge in [0.2, 0.25) is 0 Å². The van der Waals surface area contributed by atoms with Crippen LogP contribution in [0.3, 0.4) is 0 Å². The van der Waals surface area contributed by atoms with Crippen molar-refractivity contribution in [2.24, 2.45) is 5.92 Å². The maximum absolute atomic E-state index is 15.0. The highest BCUT2D eigenvalue weighted by Gasteiger charge is 2.30. The van der Waals surface area contributed by atoms with Gasteiger partial charge in [-0.2, -0.15) is 0 Å². The second-order valence-corrected chi connectivity index (χ2v) is 10.2. The Morgan fingerprint density at radius 2 is 1.92 bits per heavy atom. The van der Waals surface area contributed by atoms with Crippen LogP contribution in [0.2, 0.25) is 0 Å². The first-order chi connectivity index (χ1) is 17.4. The number of hydrogen-bond acceptors (Lipinski definition) is 3. The van der Waals surface area contributed by atoms with Crippen LogP contribution in [-0.4, -0.2) is 34.5 Å². The van der Waals surface area contributed by atoms with Crippen molar-refractivity contribution in [3.8, 4) is 0 Å². The molecule has 2 atom stereocenters. The summed E-state index contributed by atoms with van der Waals surface area (Å²) >= 11 is 0. The number of rotatable bonds is 8. The molecule has 1 amide bonds. The van der Waals surface area contributed by atoms with E-state index in [1.54, 1.807) is 23.6 Å². The molecule has 2 aromatic carbocycles. The van der Waals surface area contributed by atoms with Gasteiger partial charge in [0.05, 0.1) is 17.0 Å². The van der Waals surface area contributed by atoms with E-state index in [0.717, 1.165) is 38.8 Å². The van der Waals surface area contributed by atoms with Gasteiger partial charge < -0.3 is 9.88 Å². The molecule has 0 radical (unpaired) electrons. The Kier molecular flexibility index (Phi) is 6.93. The molecule has 1 saturated heterocycles. The number of amides is 1. The van der Waals surface area contributed by atoms with Crippen molar-refractivity contribution < 1.29 is 13.6 Å². The van der Waals surface area contributed by atoms with E-state index in [1.807, 2.05) is 6.07 Å². The molecule has 0 spiro atoms. The van der Waals surface area contributed by atoms with E-state index in [2.05, 4.69) is 17.1 Å². The number of aromatic nitrogens is 1. The third-order valence-electron chi connectivity index (χ3n) is 7.86. The van der Waals surface area contributed by atoms with E-state index in [4.69, 9.17) is 0 Å². The van der Waals surface area contributed by atoms with Crippen LogP contribution >= 0.6 is 0 Å². The number of hydrogen-bond donors (Lipinski definition) is 1. The Morgan fingerprint density at radius 1 is 1.14 bits per heavy atom. The lowest BCUT2D eigenvalue weighted by Gasteiger charge is -2.26. The van der Waals surface area contributed by atoms with Gasteiger partial charge in [0.25, 0.3) is 11.5 Å². The first kappa shape index (κ1) is 24.6. The number of pyridine rings is 1. The quantitative estimate of drug-likeness (QED) is 0.461. The molecular weight excluding hydrogens is 460 g/mol. The number of nitrogens with one attached hydrogen (secondary N) is 1. The largest absolute Gasteiger partial charge is 0.345 e. The summed E-state index contributed by atoms with van der Waals surface area (Å²) in [5.41, 5.74) is 1.14. The highest BCUT2D eigenvalue weighted by Crippen LogP contribution is 2.38. The molecule has 2 unspecified atom stereocenters. The van der Waals surface area contributed by atoms with E-state index in [1.165, 1.54) is 24.3 Å². The molecule has 1 aromatic heterocycles. The van der Waals surface area contributed by atoms with Gasteiger partial charge in [0.1, 0.15) is 11.6 Å². The topological polar surface area (TPSA) is 54.3 Å². The third kappa shape index (κ3) is 4.81. The van der Waals surface area contributed by atoms with Crippen LogP contribution in [-0.2, 0) is 6.54 Å². The zero-order valence-electron chi connectivity index (χ0n) is 20.9. The first-order valence-corrected chi connectivity index (χ1v) is 13.0. The van der Waals surface area contributed by atoms with Gasteiger partial charge in [-0.15, -0.1) is 0 Å².